The van der Waals surface area contributed by atoms with Crippen molar-refractivity contribution >= 4 is 22.6 Å². The summed E-state index contributed by atoms with van der Waals surface area (Å²) in [4.78, 5) is 12.6. The Labute approximate surface area is 128 Å². The molecule has 4 nitrogen and oxygen atoms in total. The summed E-state index contributed by atoms with van der Waals surface area (Å²) < 4.78 is 5.34. The molecule has 1 N–H and O–H groups in total. The largest absolute Gasteiger partial charge is 0.338 e. The van der Waals surface area contributed by atoms with Crippen LogP contribution in [0.4, 0.5) is 5.88 Å². The second-order valence-electron chi connectivity index (χ2n) is 5.62. The number of nitrogens with zero attached hydrogens (tertiary/aromatic N) is 1. The van der Waals surface area contributed by atoms with Crippen LogP contribution in [0.5, 0.6) is 0 Å². The fourth-order valence-electron chi connectivity index (χ4n) is 3.08. The Morgan fingerprint density at radius 1 is 1.05 bits per heavy atom. The first kappa shape index (κ1) is 13.1. The van der Waals surface area contributed by atoms with E-state index in [9.17, 15) is 4.79 Å². The molecule has 0 spiro atoms. The molecule has 0 unspecified atom stereocenters. The summed E-state index contributed by atoms with van der Waals surface area (Å²) in [7, 11) is 0. The normalized spacial score (nSPS) is 13.8. The van der Waals surface area contributed by atoms with Gasteiger partial charge in [-0.15, -0.1) is 0 Å². The number of anilines is 1. The fourth-order valence-corrected chi connectivity index (χ4v) is 3.08. The number of nitrogens with one attached hydrogen (secondary N) is 1. The van der Waals surface area contributed by atoms with Crippen molar-refractivity contribution in [3.8, 4) is 0 Å². The summed E-state index contributed by atoms with van der Waals surface area (Å²) >= 11 is 0. The molecular weight excluding hydrogens is 276 g/mol. The molecule has 0 saturated carbocycles. The summed E-state index contributed by atoms with van der Waals surface area (Å²) in [5.41, 5.74) is 2.69. The van der Waals surface area contributed by atoms with Gasteiger partial charge in [-0.05, 0) is 42.5 Å². The quantitative estimate of drug-likeness (QED) is 0.778. The van der Waals surface area contributed by atoms with Crippen molar-refractivity contribution < 1.29 is 9.32 Å². The van der Waals surface area contributed by atoms with Gasteiger partial charge in [0, 0.05) is 11.1 Å². The first-order valence-electron chi connectivity index (χ1n) is 7.59. The minimum Gasteiger partial charge on any atom is -0.338 e. The van der Waals surface area contributed by atoms with Crippen molar-refractivity contribution in [2.45, 2.75) is 25.7 Å². The number of rotatable bonds is 2. The predicted octanol–water partition coefficient (Wildman–Crippen LogP) is 3.96. The van der Waals surface area contributed by atoms with Crippen molar-refractivity contribution in [2.24, 2.45) is 0 Å². The third-order valence-electron chi connectivity index (χ3n) is 4.22. The van der Waals surface area contributed by atoms with E-state index in [-0.39, 0.29) is 5.91 Å². The summed E-state index contributed by atoms with van der Waals surface area (Å²) in [5, 5.41) is 8.96. The molecule has 4 rings (SSSR count). The smallest absolute Gasteiger partial charge is 0.258 e. The van der Waals surface area contributed by atoms with E-state index in [0.29, 0.717) is 11.4 Å². The van der Waals surface area contributed by atoms with Crippen molar-refractivity contribution in [1.82, 2.24) is 5.16 Å². The van der Waals surface area contributed by atoms with Crippen LogP contribution in [0, 0.1) is 0 Å². The Balaban J connectivity index is 1.68. The molecule has 0 radical (unpaired) electrons. The number of amides is 1. The molecule has 4 heteroatoms. The Bertz CT molecular complexity index is 846. The van der Waals surface area contributed by atoms with Crippen LogP contribution >= 0.6 is 0 Å². The van der Waals surface area contributed by atoms with Gasteiger partial charge in [0.1, 0.15) is 0 Å². The maximum absolute atomic E-state index is 12.6. The van der Waals surface area contributed by atoms with Gasteiger partial charge in [-0.1, -0.05) is 41.6 Å². The molecule has 0 bridgehead atoms. The number of fused-ring (bicyclic) bond motifs is 2. The second-order valence-corrected chi connectivity index (χ2v) is 5.62. The lowest BCUT2D eigenvalue weighted by Crippen LogP contribution is -2.14. The van der Waals surface area contributed by atoms with Gasteiger partial charge in [-0.25, -0.2) is 0 Å². The molecule has 1 aromatic heterocycles. The van der Waals surface area contributed by atoms with E-state index >= 15 is 0 Å². The number of benzene rings is 2. The van der Waals surface area contributed by atoms with Crippen LogP contribution in [-0.4, -0.2) is 11.1 Å². The third kappa shape index (κ3) is 2.17. The first-order chi connectivity index (χ1) is 10.8. The van der Waals surface area contributed by atoms with Crippen molar-refractivity contribution in [2.75, 3.05) is 5.32 Å². The SMILES string of the molecule is O=C(Nc1onc2c1CCCC2)c1cccc2ccccc12. The highest BCUT2D eigenvalue weighted by molar-refractivity contribution is 6.12. The van der Waals surface area contributed by atoms with E-state index in [1.54, 1.807) is 0 Å². The topological polar surface area (TPSA) is 55.1 Å². The van der Waals surface area contributed by atoms with Gasteiger partial charge >= 0.3 is 0 Å². The second kappa shape index (κ2) is 5.30. The van der Waals surface area contributed by atoms with E-state index in [1.165, 1.54) is 0 Å². The van der Waals surface area contributed by atoms with Crippen LogP contribution in [0.2, 0.25) is 0 Å². The molecule has 1 aliphatic carbocycles. The maximum Gasteiger partial charge on any atom is 0.258 e. The summed E-state index contributed by atoms with van der Waals surface area (Å²) in [6.45, 7) is 0. The molecule has 3 aromatic rings. The minimum absolute atomic E-state index is 0.152. The molecular formula is C18H16N2O2. The molecule has 22 heavy (non-hydrogen) atoms. The van der Waals surface area contributed by atoms with Gasteiger partial charge in [0.25, 0.3) is 5.91 Å². The number of aryl methyl sites for hydroxylation is 1. The van der Waals surface area contributed by atoms with E-state index in [2.05, 4.69) is 10.5 Å². The molecule has 0 fully saturated rings. The average molecular weight is 292 g/mol. The van der Waals surface area contributed by atoms with E-state index in [0.717, 1.165) is 47.7 Å². The lowest BCUT2D eigenvalue weighted by atomic mass is 9.97. The number of hydrogen-bond acceptors (Lipinski definition) is 3. The maximum atomic E-state index is 12.6. The van der Waals surface area contributed by atoms with Crippen LogP contribution in [0.3, 0.4) is 0 Å². The summed E-state index contributed by atoms with van der Waals surface area (Å²) in [6.07, 6.45) is 4.11. The molecule has 110 valence electrons. The lowest BCUT2D eigenvalue weighted by Gasteiger charge is -2.10. The van der Waals surface area contributed by atoms with E-state index in [1.807, 2.05) is 42.5 Å². The Morgan fingerprint density at radius 3 is 2.82 bits per heavy atom. The van der Waals surface area contributed by atoms with Gasteiger partial charge < -0.3 is 4.52 Å². The monoisotopic (exact) mass is 292 g/mol. The van der Waals surface area contributed by atoms with Gasteiger partial charge in [0.05, 0.1) is 5.69 Å². The Kier molecular flexibility index (Phi) is 3.15. The molecule has 1 amide bonds. The molecule has 0 saturated heterocycles. The third-order valence-corrected chi connectivity index (χ3v) is 4.22. The van der Waals surface area contributed by atoms with Crippen molar-refractivity contribution in [1.29, 1.82) is 0 Å². The highest BCUT2D eigenvalue weighted by atomic mass is 16.5. The highest BCUT2D eigenvalue weighted by Gasteiger charge is 2.21. The van der Waals surface area contributed by atoms with Crippen LogP contribution in [0.15, 0.2) is 47.0 Å². The zero-order valence-electron chi connectivity index (χ0n) is 12.1. The Hall–Kier alpha value is -2.62. The standard InChI is InChI=1S/C18H16N2O2/c21-17(14-10-5-7-12-6-1-2-8-13(12)14)19-18-15-9-3-4-11-16(15)20-22-18/h1-2,5-8,10H,3-4,9,11H2,(H,19,21). The zero-order valence-corrected chi connectivity index (χ0v) is 12.1. The van der Waals surface area contributed by atoms with Crippen LogP contribution < -0.4 is 5.32 Å². The highest BCUT2D eigenvalue weighted by Crippen LogP contribution is 2.28. The molecule has 0 atom stereocenters. The number of aromatic nitrogens is 1. The van der Waals surface area contributed by atoms with Crippen LogP contribution in [-0.2, 0) is 12.8 Å². The number of carbonyl (C=O) groups is 1. The van der Waals surface area contributed by atoms with Gasteiger partial charge in [0.2, 0.25) is 5.88 Å². The van der Waals surface area contributed by atoms with Crippen molar-refractivity contribution in [3.63, 3.8) is 0 Å². The van der Waals surface area contributed by atoms with Crippen LogP contribution in [0.25, 0.3) is 10.8 Å². The minimum atomic E-state index is -0.152. The van der Waals surface area contributed by atoms with Gasteiger partial charge in [0.15, 0.2) is 0 Å². The Morgan fingerprint density at radius 2 is 1.86 bits per heavy atom. The molecule has 1 heterocycles. The zero-order chi connectivity index (χ0) is 14.9. The first-order valence-corrected chi connectivity index (χ1v) is 7.59. The molecule has 2 aromatic carbocycles. The summed E-state index contributed by atoms with van der Waals surface area (Å²) in [6, 6.07) is 13.6. The average Bonchev–Trinajstić information content (AvgIpc) is 2.97. The lowest BCUT2D eigenvalue weighted by molar-refractivity contribution is 0.102. The molecule has 1 aliphatic rings. The van der Waals surface area contributed by atoms with Crippen molar-refractivity contribution in [3.05, 3.63) is 59.3 Å². The molecule has 0 aliphatic heterocycles. The van der Waals surface area contributed by atoms with E-state index in [4.69, 9.17) is 4.52 Å². The van der Waals surface area contributed by atoms with Crippen LogP contribution in [0.1, 0.15) is 34.5 Å². The summed E-state index contributed by atoms with van der Waals surface area (Å²) in [5.74, 6) is 0.356. The predicted molar refractivity (Wildman–Crippen MR) is 85.0 cm³/mol. The van der Waals surface area contributed by atoms with Gasteiger partial charge in [-0.3, -0.25) is 10.1 Å². The fraction of sp³-hybridized carbons (Fsp3) is 0.222. The van der Waals surface area contributed by atoms with E-state index < -0.39 is 0 Å². The van der Waals surface area contributed by atoms with Gasteiger partial charge in [-0.2, -0.15) is 0 Å². The number of hydrogen-bond donors (Lipinski definition) is 1. The number of carbonyl (C=O) groups excluding carboxylic acids is 1.